The molecule has 3 atom stereocenters. The molecule has 2 rings (SSSR count). The Balaban J connectivity index is 2.49. The quantitative estimate of drug-likeness (QED) is 0.865. The average Bonchev–Trinajstić information content (AvgIpc) is 2.98. The van der Waals surface area contributed by atoms with Crippen molar-refractivity contribution in [2.45, 2.75) is 23.6 Å². The fraction of sp³-hybridized carbons (Fsp3) is 0.417. The molecule has 104 valence electrons. The molecule has 0 aromatic heterocycles. The van der Waals surface area contributed by atoms with Crippen molar-refractivity contribution in [1.82, 2.24) is 0 Å². The summed E-state index contributed by atoms with van der Waals surface area (Å²) in [6.45, 7) is 1.48. The third kappa shape index (κ3) is 2.13. The third-order valence-corrected chi connectivity index (χ3v) is 6.02. The number of rotatable bonds is 4. The molecule has 0 aliphatic heterocycles. The van der Waals surface area contributed by atoms with Gasteiger partial charge < -0.3 is 10.8 Å². The van der Waals surface area contributed by atoms with E-state index in [1.165, 1.54) is 6.92 Å². The van der Waals surface area contributed by atoms with Crippen molar-refractivity contribution in [3.8, 4) is 0 Å². The van der Waals surface area contributed by atoms with Gasteiger partial charge in [-0.15, -0.1) is 0 Å². The second-order valence-electron chi connectivity index (χ2n) is 4.64. The van der Waals surface area contributed by atoms with Gasteiger partial charge in [0.05, 0.1) is 5.25 Å². The molecule has 1 aromatic rings. The number of sulfone groups is 1. The van der Waals surface area contributed by atoms with E-state index in [0.717, 1.165) is 0 Å². The van der Waals surface area contributed by atoms with E-state index in [1.807, 2.05) is 0 Å². The summed E-state index contributed by atoms with van der Waals surface area (Å²) in [5, 5.41) is 8.55. The molecule has 0 spiro atoms. The van der Waals surface area contributed by atoms with Gasteiger partial charge in [0.1, 0.15) is 5.54 Å². The summed E-state index contributed by atoms with van der Waals surface area (Å²) in [4.78, 5) is 11.3. The Morgan fingerprint density at radius 2 is 2.16 bits per heavy atom. The largest absolute Gasteiger partial charge is 0.480 e. The van der Waals surface area contributed by atoms with E-state index >= 15 is 0 Å². The average molecular weight is 304 g/mol. The minimum absolute atomic E-state index is 0.138. The van der Waals surface area contributed by atoms with E-state index in [0.29, 0.717) is 10.6 Å². The molecule has 0 unspecified atom stereocenters. The predicted octanol–water partition coefficient (Wildman–Crippen LogP) is 1.02. The lowest BCUT2D eigenvalue weighted by atomic mass is 10.1. The summed E-state index contributed by atoms with van der Waals surface area (Å²) in [5.74, 6) is -2.20. The zero-order chi connectivity index (χ0) is 14.4. The summed E-state index contributed by atoms with van der Waals surface area (Å²) in [6.07, 6.45) is 0. The van der Waals surface area contributed by atoms with Crippen molar-refractivity contribution in [3.63, 3.8) is 0 Å². The monoisotopic (exact) mass is 303 g/mol. The molecule has 7 heteroatoms. The van der Waals surface area contributed by atoms with Gasteiger partial charge in [0.25, 0.3) is 0 Å². The van der Waals surface area contributed by atoms with Gasteiger partial charge in [0.15, 0.2) is 9.84 Å². The third-order valence-electron chi connectivity index (χ3n) is 3.55. The fourth-order valence-electron chi connectivity index (χ4n) is 2.46. The van der Waals surface area contributed by atoms with Crippen molar-refractivity contribution >= 4 is 27.4 Å². The summed E-state index contributed by atoms with van der Waals surface area (Å²) in [6, 6.07) is 6.48. The minimum atomic E-state index is -3.54. The Bertz CT molecular complexity index is 630. The molecular weight excluding hydrogens is 290 g/mol. The SMILES string of the molecule is CCS(=O)(=O)[C@@H]1[C@@H](c2cccc(Cl)c2)[C@]1(N)C(=O)O. The number of hydrogen-bond acceptors (Lipinski definition) is 4. The number of carboxylic acid groups (broad SMARTS) is 1. The van der Waals surface area contributed by atoms with Crippen LogP contribution in [0.5, 0.6) is 0 Å². The highest BCUT2D eigenvalue weighted by molar-refractivity contribution is 7.92. The topological polar surface area (TPSA) is 97.5 Å². The smallest absolute Gasteiger partial charge is 0.325 e. The van der Waals surface area contributed by atoms with E-state index in [-0.39, 0.29) is 5.75 Å². The molecule has 0 amide bonds. The predicted molar refractivity (Wildman–Crippen MR) is 72.0 cm³/mol. The standard InChI is InChI=1S/C12H14ClNO4S/c1-2-19(17,18)10-9(12(10,14)11(15)16)7-4-3-5-8(13)6-7/h3-6,9-10H,2,14H2,1H3,(H,15,16)/t9-,10-,12-/m1/s1. The van der Waals surface area contributed by atoms with E-state index < -0.39 is 32.5 Å². The van der Waals surface area contributed by atoms with Crippen molar-refractivity contribution in [2.24, 2.45) is 5.73 Å². The maximum absolute atomic E-state index is 12.0. The molecule has 5 nitrogen and oxygen atoms in total. The summed E-state index contributed by atoms with van der Waals surface area (Å²) in [5.41, 5.74) is 4.58. The van der Waals surface area contributed by atoms with Gasteiger partial charge in [-0.3, -0.25) is 4.79 Å². The van der Waals surface area contributed by atoms with Gasteiger partial charge in [-0.2, -0.15) is 0 Å². The summed E-state index contributed by atoms with van der Waals surface area (Å²) < 4.78 is 23.9. The zero-order valence-electron chi connectivity index (χ0n) is 10.2. The number of nitrogens with two attached hydrogens (primary N) is 1. The van der Waals surface area contributed by atoms with Gasteiger partial charge in [0.2, 0.25) is 0 Å². The van der Waals surface area contributed by atoms with Crippen molar-refractivity contribution < 1.29 is 18.3 Å². The molecule has 1 aromatic carbocycles. The van der Waals surface area contributed by atoms with Gasteiger partial charge >= 0.3 is 5.97 Å². The normalized spacial score (nSPS) is 30.1. The molecule has 0 bridgehead atoms. The van der Waals surface area contributed by atoms with E-state index in [2.05, 4.69) is 0 Å². The molecule has 3 N–H and O–H groups in total. The first-order valence-electron chi connectivity index (χ1n) is 5.74. The van der Waals surface area contributed by atoms with Crippen LogP contribution >= 0.6 is 11.6 Å². The minimum Gasteiger partial charge on any atom is -0.480 e. The fourth-order valence-corrected chi connectivity index (χ4v) is 4.58. The lowest BCUT2D eigenvalue weighted by Gasteiger charge is -2.05. The Morgan fingerprint density at radius 3 is 2.63 bits per heavy atom. The Hall–Kier alpha value is -1.11. The maximum Gasteiger partial charge on any atom is 0.325 e. The summed E-state index contributed by atoms with van der Waals surface area (Å²) in [7, 11) is -3.54. The Morgan fingerprint density at radius 1 is 1.53 bits per heavy atom. The van der Waals surface area contributed by atoms with Gasteiger partial charge in [-0.1, -0.05) is 30.7 Å². The molecule has 0 radical (unpaired) electrons. The van der Waals surface area contributed by atoms with E-state index in [9.17, 15) is 18.3 Å². The van der Waals surface area contributed by atoms with Crippen LogP contribution in [0.2, 0.25) is 5.02 Å². The van der Waals surface area contributed by atoms with Crippen LogP contribution in [0.4, 0.5) is 0 Å². The van der Waals surface area contributed by atoms with Crippen molar-refractivity contribution in [1.29, 1.82) is 0 Å². The molecule has 19 heavy (non-hydrogen) atoms. The molecule has 0 heterocycles. The highest BCUT2D eigenvalue weighted by Crippen LogP contribution is 2.54. The molecular formula is C12H14ClNO4S. The van der Waals surface area contributed by atoms with Crippen LogP contribution in [0, 0.1) is 0 Å². The second-order valence-corrected chi connectivity index (χ2v) is 7.49. The lowest BCUT2D eigenvalue weighted by molar-refractivity contribution is -0.139. The van der Waals surface area contributed by atoms with Gasteiger partial charge in [-0.05, 0) is 17.7 Å². The van der Waals surface area contributed by atoms with Gasteiger partial charge in [-0.25, -0.2) is 8.42 Å². The molecule has 1 fully saturated rings. The number of carboxylic acids is 1. The number of hydrogen-bond donors (Lipinski definition) is 2. The number of halogens is 1. The second kappa shape index (κ2) is 4.47. The molecule has 1 saturated carbocycles. The zero-order valence-corrected chi connectivity index (χ0v) is 11.8. The van der Waals surface area contributed by atoms with Crippen LogP contribution in [0.1, 0.15) is 18.4 Å². The lowest BCUT2D eigenvalue weighted by Crippen LogP contribution is -2.40. The highest BCUT2D eigenvalue weighted by Gasteiger charge is 2.73. The molecule has 1 aliphatic rings. The Labute approximate surface area is 116 Å². The maximum atomic E-state index is 12.0. The van der Waals surface area contributed by atoms with Crippen LogP contribution in [0.25, 0.3) is 0 Å². The van der Waals surface area contributed by atoms with Crippen LogP contribution in [-0.2, 0) is 14.6 Å². The van der Waals surface area contributed by atoms with E-state index in [1.54, 1.807) is 24.3 Å². The van der Waals surface area contributed by atoms with Gasteiger partial charge in [0, 0.05) is 16.7 Å². The van der Waals surface area contributed by atoms with Crippen molar-refractivity contribution in [2.75, 3.05) is 5.75 Å². The molecule has 1 aliphatic carbocycles. The van der Waals surface area contributed by atoms with Crippen molar-refractivity contribution in [3.05, 3.63) is 34.9 Å². The summed E-state index contributed by atoms with van der Waals surface area (Å²) >= 11 is 5.85. The first kappa shape index (κ1) is 14.3. The first-order valence-corrected chi connectivity index (χ1v) is 7.83. The van der Waals surface area contributed by atoms with Crippen LogP contribution in [0.15, 0.2) is 24.3 Å². The van der Waals surface area contributed by atoms with Crippen LogP contribution in [0.3, 0.4) is 0 Å². The number of benzene rings is 1. The first-order chi connectivity index (χ1) is 8.75. The van der Waals surface area contributed by atoms with E-state index in [4.69, 9.17) is 17.3 Å². The van der Waals surface area contributed by atoms with Crippen LogP contribution in [-0.4, -0.2) is 36.0 Å². The Kier molecular flexibility index (Phi) is 3.36. The van der Waals surface area contributed by atoms with Crippen LogP contribution < -0.4 is 5.73 Å². The number of aliphatic carboxylic acids is 1. The number of carbonyl (C=O) groups is 1. The highest BCUT2D eigenvalue weighted by atomic mass is 35.5. The molecule has 0 saturated heterocycles.